The van der Waals surface area contributed by atoms with Crippen molar-refractivity contribution in [2.75, 3.05) is 38.8 Å². The van der Waals surface area contributed by atoms with Gasteiger partial charge in [0, 0.05) is 32.7 Å². The fourth-order valence-electron chi connectivity index (χ4n) is 3.55. The summed E-state index contributed by atoms with van der Waals surface area (Å²) in [6, 6.07) is 9.74. The van der Waals surface area contributed by atoms with E-state index < -0.39 is 11.6 Å². The van der Waals surface area contributed by atoms with E-state index in [4.69, 9.17) is 9.47 Å². The van der Waals surface area contributed by atoms with Crippen molar-refractivity contribution in [3.8, 4) is 11.5 Å². The molecule has 2 aromatic rings. The Hall–Kier alpha value is -2.30. The molecule has 1 fully saturated rings. The summed E-state index contributed by atoms with van der Waals surface area (Å²) < 4.78 is 39.0. The van der Waals surface area contributed by atoms with Crippen molar-refractivity contribution in [1.82, 2.24) is 10.6 Å². The molecule has 9 heteroatoms. The predicted molar refractivity (Wildman–Crippen MR) is 130 cm³/mol. The quantitative estimate of drug-likeness (QED) is 0.313. The Morgan fingerprint density at radius 1 is 1.19 bits per heavy atom. The number of aliphatic imine (C=N–C) groups is 1. The average Bonchev–Trinajstić information content (AvgIpc) is 3.19. The van der Waals surface area contributed by atoms with Crippen molar-refractivity contribution in [2.45, 2.75) is 25.9 Å². The van der Waals surface area contributed by atoms with E-state index in [2.05, 4.69) is 15.6 Å². The number of methoxy groups -OCH3 is 1. The molecule has 2 aromatic carbocycles. The van der Waals surface area contributed by atoms with Crippen LogP contribution < -0.4 is 25.0 Å². The molecule has 2 N–H and O–H groups in total. The molecule has 0 amide bonds. The third-order valence-corrected chi connectivity index (χ3v) is 4.99. The summed E-state index contributed by atoms with van der Waals surface area (Å²) in [5.41, 5.74) is 1.05. The topological polar surface area (TPSA) is 58.1 Å². The third-order valence-electron chi connectivity index (χ3n) is 4.99. The lowest BCUT2D eigenvalue weighted by Gasteiger charge is -2.21. The standard InChI is InChI=1S/C22H28F2N4O2.HI/c1-4-30-20-12-15(8-9-19(20)29-3)13-26-22(25-2)27-16-10-11-28(14-16)21-17(23)6-5-7-18(21)24;/h5-9,12,16H,4,10-11,13-14H2,1-3H3,(H2,25,26,27);1H. The highest BCUT2D eigenvalue weighted by atomic mass is 127. The highest BCUT2D eigenvalue weighted by molar-refractivity contribution is 14.0. The van der Waals surface area contributed by atoms with E-state index in [0.29, 0.717) is 43.7 Å². The van der Waals surface area contributed by atoms with Gasteiger partial charge in [-0.15, -0.1) is 24.0 Å². The lowest BCUT2D eigenvalue weighted by Crippen LogP contribution is -2.44. The van der Waals surface area contributed by atoms with Crippen molar-refractivity contribution in [3.05, 3.63) is 53.6 Å². The highest BCUT2D eigenvalue weighted by Crippen LogP contribution is 2.28. The summed E-state index contributed by atoms with van der Waals surface area (Å²) in [6.07, 6.45) is 0.755. The predicted octanol–water partition coefficient (Wildman–Crippen LogP) is 3.93. The molecule has 1 heterocycles. The summed E-state index contributed by atoms with van der Waals surface area (Å²) in [5.74, 6) is 0.935. The molecule has 1 saturated heterocycles. The lowest BCUT2D eigenvalue weighted by molar-refractivity contribution is 0.310. The zero-order chi connectivity index (χ0) is 21.5. The molecule has 0 spiro atoms. The number of anilines is 1. The smallest absolute Gasteiger partial charge is 0.191 e. The minimum absolute atomic E-state index is 0. The van der Waals surface area contributed by atoms with Crippen LogP contribution in [-0.4, -0.2) is 45.9 Å². The van der Waals surface area contributed by atoms with Gasteiger partial charge in [-0.25, -0.2) is 8.78 Å². The first kappa shape index (κ1) is 25.0. The fraction of sp³-hybridized carbons (Fsp3) is 0.409. The minimum atomic E-state index is -0.539. The van der Waals surface area contributed by atoms with E-state index in [1.54, 1.807) is 19.1 Å². The van der Waals surface area contributed by atoms with Gasteiger partial charge in [-0.2, -0.15) is 0 Å². The second-order valence-corrected chi connectivity index (χ2v) is 6.99. The Bertz CT molecular complexity index is 878. The van der Waals surface area contributed by atoms with E-state index in [9.17, 15) is 8.78 Å². The van der Waals surface area contributed by atoms with Crippen LogP contribution in [0.2, 0.25) is 0 Å². The number of nitrogens with zero attached hydrogens (tertiary/aromatic N) is 2. The van der Waals surface area contributed by atoms with Gasteiger partial charge in [0.15, 0.2) is 17.5 Å². The number of benzene rings is 2. The number of para-hydroxylation sites is 1. The van der Waals surface area contributed by atoms with Gasteiger partial charge in [0.25, 0.3) is 0 Å². The van der Waals surface area contributed by atoms with Crippen LogP contribution in [0, 0.1) is 11.6 Å². The molecule has 3 rings (SSSR count). The number of hydrogen-bond donors (Lipinski definition) is 2. The highest BCUT2D eigenvalue weighted by Gasteiger charge is 2.27. The maximum atomic E-state index is 14.1. The SMILES string of the molecule is CCOc1cc(CNC(=NC)NC2CCN(c3c(F)cccc3F)C2)ccc1OC.I. The summed E-state index contributed by atoms with van der Waals surface area (Å²) in [7, 11) is 3.30. The van der Waals surface area contributed by atoms with E-state index in [1.807, 2.05) is 25.1 Å². The number of guanidine groups is 1. The Balaban J connectivity index is 0.00000341. The van der Waals surface area contributed by atoms with Crippen molar-refractivity contribution in [2.24, 2.45) is 4.99 Å². The molecule has 0 aromatic heterocycles. The normalized spacial score (nSPS) is 16.0. The maximum Gasteiger partial charge on any atom is 0.191 e. The van der Waals surface area contributed by atoms with Gasteiger partial charge in [0.05, 0.1) is 13.7 Å². The molecule has 0 aliphatic carbocycles. The van der Waals surface area contributed by atoms with Crippen LogP contribution >= 0.6 is 24.0 Å². The maximum absolute atomic E-state index is 14.1. The van der Waals surface area contributed by atoms with Gasteiger partial charge in [-0.1, -0.05) is 12.1 Å². The minimum Gasteiger partial charge on any atom is -0.493 e. The van der Waals surface area contributed by atoms with E-state index in [1.165, 1.54) is 18.2 Å². The van der Waals surface area contributed by atoms with E-state index in [0.717, 1.165) is 12.0 Å². The van der Waals surface area contributed by atoms with Crippen molar-refractivity contribution < 1.29 is 18.3 Å². The largest absolute Gasteiger partial charge is 0.493 e. The molecule has 1 unspecified atom stereocenters. The molecule has 0 radical (unpaired) electrons. The summed E-state index contributed by atoms with van der Waals surface area (Å²) in [4.78, 5) is 5.99. The second-order valence-electron chi connectivity index (χ2n) is 6.99. The van der Waals surface area contributed by atoms with Gasteiger partial charge in [0.1, 0.15) is 17.3 Å². The number of rotatable bonds is 7. The molecule has 0 bridgehead atoms. The van der Waals surface area contributed by atoms with Gasteiger partial charge in [-0.05, 0) is 43.2 Å². The fourth-order valence-corrected chi connectivity index (χ4v) is 3.55. The Morgan fingerprint density at radius 2 is 1.94 bits per heavy atom. The van der Waals surface area contributed by atoms with Crippen molar-refractivity contribution in [3.63, 3.8) is 0 Å². The Morgan fingerprint density at radius 3 is 2.58 bits per heavy atom. The van der Waals surface area contributed by atoms with Crippen LogP contribution in [0.25, 0.3) is 0 Å². The number of hydrogen-bond acceptors (Lipinski definition) is 4. The summed E-state index contributed by atoms with van der Waals surface area (Å²) in [5, 5.41) is 6.61. The average molecular weight is 546 g/mol. The van der Waals surface area contributed by atoms with Crippen LogP contribution in [0.5, 0.6) is 11.5 Å². The van der Waals surface area contributed by atoms with Crippen molar-refractivity contribution in [1.29, 1.82) is 0 Å². The first-order valence-electron chi connectivity index (χ1n) is 10.0. The number of nitrogens with one attached hydrogen (secondary N) is 2. The molecule has 1 aliphatic heterocycles. The zero-order valence-corrected chi connectivity index (χ0v) is 20.3. The monoisotopic (exact) mass is 546 g/mol. The van der Waals surface area contributed by atoms with Crippen LogP contribution in [0.4, 0.5) is 14.5 Å². The number of halogens is 3. The zero-order valence-electron chi connectivity index (χ0n) is 18.0. The Kier molecular flexibility index (Phi) is 9.60. The Labute approximate surface area is 199 Å². The molecule has 1 atom stereocenters. The first-order chi connectivity index (χ1) is 14.5. The molecule has 31 heavy (non-hydrogen) atoms. The van der Waals surface area contributed by atoms with E-state index >= 15 is 0 Å². The molecule has 170 valence electrons. The van der Waals surface area contributed by atoms with Crippen LogP contribution in [0.15, 0.2) is 41.4 Å². The van der Waals surface area contributed by atoms with Crippen LogP contribution in [-0.2, 0) is 6.54 Å². The van der Waals surface area contributed by atoms with Crippen molar-refractivity contribution >= 4 is 35.6 Å². The van der Waals surface area contributed by atoms with E-state index in [-0.39, 0.29) is 35.7 Å². The lowest BCUT2D eigenvalue weighted by atomic mass is 10.2. The number of ether oxygens (including phenoxy) is 2. The van der Waals surface area contributed by atoms with Gasteiger partial charge in [-0.3, -0.25) is 4.99 Å². The first-order valence-corrected chi connectivity index (χ1v) is 10.0. The van der Waals surface area contributed by atoms with Crippen LogP contribution in [0.3, 0.4) is 0 Å². The molecular formula is C22H29F2IN4O2. The summed E-state index contributed by atoms with van der Waals surface area (Å²) >= 11 is 0. The van der Waals surface area contributed by atoms with Gasteiger partial charge in [0.2, 0.25) is 0 Å². The van der Waals surface area contributed by atoms with Gasteiger partial charge < -0.3 is 25.0 Å². The van der Waals surface area contributed by atoms with Gasteiger partial charge >= 0.3 is 0 Å². The van der Waals surface area contributed by atoms with Crippen LogP contribution in [0.1, 0.15) is 18.9 Å². The third kappa shape index (κ3) is 6.34. The molecule has 0 saturated carbocycles. The molecular weight excluding hydrogens is 517 g/mol. The molecule has 1 aliphatic rings. The second kappa shape index (κ2) is 11.9. The summed E-state index contributed by atoms with van der Waals surface area (Å²) in [6.45, 7) is 4.09. The molecule has 6 nitrogen and oxygen atoms in total.